The summed E-state index contributed by atoms with van der Waals surface area (Å²) in [6.45, 7) is 0.680. The van der Waals surface area contributed by atoms with Crippen molar-refractivity contribution in [2.45, 2.75) is 17.6 Å². The highest BCUT2D eigenvalue weighted by Crippen LogP contribution is 2.31. The summed E-state index contributed by atoms with van der Waals surface area (Å²) >= 11 is 0. The molecule has 0 bridgehead atoms. The van der Waals surface area contributed by atoms with E-state index in [0.717, 1.165) is 24.3 Å². The molecular formula is C18H18F3N3O5S. The molecule has 30 heavy (non-hydrogen) atoms. The highest BCUT2D eigenvalue weighted by Gasteiger charge is 2.31. The molecule has 0 aliphatic carbocycles. The molecule has 162 valence electrons. The molecule has 3 rings (SSSR count). The third-order valence-electron chi connectivity index (χ3n) is 4.53. The maximum atomic E-state index is 13.0. The zero-order valence-electron chi connectivity index (χ0n) is 15.6. The van der Waals surface area contributed by atoms with Crippen molar-refractivity contribution >= 4 is 21.4 Å². The fourth-order valence-electron chi connectivity index (χ4n) is 2.92. The highest BCUT2D eigenvalue weighted by atomic mass is 32.2. The molecular weight excluding hydrogens is 427 g/mol. The standard InChI is InChI=1S/C18H18F3N3O5S/c19-18(20,21)14-3-1-13(2-4-14)12-22-16-6-5-15(24(25)26)11-17(16)30(27,28)23-7-9-29-10-8-23/h1-6,11,22H,7-10,12H2. The third-order valence-corrected chi connectivity index (χ3v) is 6.47. The van der Waals surface area contributed by atoms with E-state index >= 15 is 0 Å². The fraction of sp³-hybridized carbons (Fsp3) is 0.333. The Kier molecular flexibility index (Phi) is 6.29. The first-order chi connectivity index (χ1) is 14.1. The van der Waals surface area contributed by atoms with Crippen molar-refractivity contribution in [1.29, 1.82) is 0 Å². The molecule has 2 aromatic carbocycles. The quantitative estimate of drug-likeness (QED) is 0.541. The van der Waals surface area contributed by atoms with Crippen LogP contribution in [-0.2, 0) is 27.5 Å². The number of hydrogen-bond donors (Lipinski definition) is 1. The van der Waals surface area contributed by atoms with Crippen molar-refractivity contribution in [2.75, 3.05) is 31.6 Å². The number of nitro groups is 1. The number of ether oxygens (including phenoxy) is 1. The molecule has 2 aromatic rings. The Bertz CT molecular complexity index is 1020. The summed E-state index contributed by atoms with van der Waals surface area (Å²) in [6, 6.07) is 7.81. The van der Waals surface area contributed by atoms with Crippen LogP contribution < -0.4 is 5.32 Å². The lowest BCUT2D eigenvalue weighted by Crippen LogP contribution is -2.40. The fourth-order valence-corrected chi connectivity index (χ4v) is 4.51. The van der Waals surface area contributed by atoms with Gasteiger partial charge >= 0.3 is 6.18 Å². The van der Waals surface area contributed by atoms with Crippen LogP contribution in [-0.4, -0.2) is 43.9 Å². The number of hydrogen-bond acceptors (Lipinski definition) is 6. The van der Waals surface area contributed by atoms with Gasteiger partial charge in [0.05, 0.1) is 29.4 Å². The van der Waals surface area contributed by atoms with E-state index in [4.69, 9.17) is 4.74 Å². The predicted molar refractivity (Wildman–Crippen MR) is 101 cm³/mol. The van der Waals surface area contributed by atoms with Gasteiger partial charge in [-0.05, 0) is 23.8 Å². The molecule has 0 unspecified atom stereocenters. The molecule has 1 fully saturated rings. The molecule has 8 nitrogen and oxygen atoms in total. The summed E-state index contributed by atoms with van der Waals surface area (Å²) < 4.78 is 70.4. The van der Waals surface area contributed by atoms with E-state index in [2.05, 4.69) is 5.32 Å². The number of anilines is 1. The van der Waals surface area contributed by atoms with Crippen LogP contribution >= 0.6 is 0 Å². The van der Waals surface area contributed by atoms with Crippen LogP contribution in [0.5, 0.6) is 0 Å². The van der Waals surface area contributed by atoms with Gasteiger partial charge in [-0.3, -0.25) is 10.1 Å². The number of alkyl halides is 3. The molecule has 0 aromatic heterocycles. The number of nitrogens with one attached hydrogen (secondary N) is 1. The van der Waals surface area contributed by atoms with E-state index in [1.54, 1.807) is 0 Å². The van der Waals surface area contributed by atoms with Crippen molar-refractivity contribution in [1.82, 2.24) is 4.31 Å². The van der Waals surface area contributed by atoms with E-state index < -0.39 is 26.7 Å². The number of non-ortho nitro benzene ring substituents is 1. The second kappa shape index (κ2) is 8.58. The van der Waals surface area contributed by atoms with Crippen LogP contribution in [0.1, 0.15) is 11.1 Å². The maximum absolute atomic E-state index is 13.0. The van der Waals surface area contributed by atoms with E-state index in [0.29, 0.717) is 5.56 Å². The number of benzene rings is 2. The molecule has 1 heterocycles. The topological polar surface area (TPSA) is 102 Å². The lowest BCUT2D eigenvalue weighted by molar-refractivity contribution is -0.385. The lowest BCUT2D eigenvalue weighted by atomic mass is 10.1. The highest BCUT2D eigenvalue weighted by molar-refractivity contribution is 7.89. The molecule has 0 radical (unpaired) electrons. The first-order valence-electron chi connectivity index (χ1n) is 8.85. The van der Waals surface area contributed by atoms with Crippen LogP contribution in [0.25, 0.3) is 0 Å². The van der Waals surface area contributed by atoms with Crippen molar-refractivity contribution in [2.24, 2.45) is 0 Å². The maximum Gasteiger partial charge on any atom is 0.416 e. The Morgan fingerprint density at radius 1 is 1.10 bits per heavy atom. The van der Waals surface area contributed by atoms with E-state index in [-0.39, 0.29) is 49.1 Å². The minimum atomic E-state index is -4.45. The Balaban J connectivity index is 1.88. The summed E-state index contributed by atoms with van der Waals surface area (Å²) in [6.07, 6.45) is -4.45. The second-order valence-electron chi connectivity index (χ2n) is 6.50. The number of nitrogens with zero attached hydrogens (tertiary/aromatic N) is 2. The lowest BCUT2D eigenvalue weighted by Gasteiger charge is -2.27. The average molecular weight is 445 g/mol. The SMILES string of the molecule is O=[N+]([O-])c1ccc(NCc2ccc(C(F)(F)F)cc2)c(S(=O)(=O)N2CCOCC2)c1. The Morgan fingerprint density at radius 2 is 1.73 bits per heavy atom. The van der Waals surface area contributed by atoms with Gasteiger partial charge in [-0.1, -0.05) is 12.1 Å². The smallest absolute Gasteiger partial charge is 0.380 e. The van der Waals surface area contributed by atoms with Gasteiger partial charge < -0.3 is 10.1 Å². The van der Waals surface area contributed by atoms with Gasteiger partial charge in [0.2, 0.25) is 10.0 Å². The van der Waals surface area contributed by atoms with E-state index in [1.807, 2.05) is 0 Å². The predicted octanol–water partition coefficient (Wildman–Crippen LogP) is 3.25. The van der Waals surface area contributed by atoms with Gasteiger partial charge in [0.15, 0.2) is 0 Å². The summed E-state index contributed by atoms with van der Waals surface area (Å²) in [5.41, 5.74) is -0.581. The minimum Gasteiger partial charge on any atom is -0.380 e. The molecule has 12 heteroatoms. The van der Waals surface area contributed by atoms with Crippen LogP contribution in [0.15, 0.2) is 47.4 Å². The Morgan fingerprint density at radius 3 is 2.30 bits per heavy atom. The van der Waals surface area contributed by atoms with Crippen molar-refractivity contribution in [3.05, 3.63) is 63.7 Å². The van der Waals surface area contributed by atoms with Crippen LogP contribution in [0.4, 0.5) is 24.5 Å². The van der Waals surface area contributed by atoms with E-state index in [9.17, 15) is 31.7 Å². The van der Waals surface area contributed by atoms with Crippen LogP contribution in [0, 0.1) is 10.1 Å². The largest absolute Gasteiger partial charge is 0.416 e. The number of nitro benzene ring substituents is 1. The number of morpholine rings is 1. The third kappa shape index (κ3) is 4.89. The zero-order chi connectivity index (χ0) is 21.9. The molecule has 1 saturated heterocycles. The monoisotopic (exact) mass is 445 g/mol. The molecule has 1 aliphatic heterocycles. The molecule has 0 saturated carbocycles. The van der Waals surface area contributed by atoms with Gasteiger partial charge in [0.1, 0.15) is 4.90 Å². The van der Waals surface area contributed by atoms with Gasteiger partial charge in [-0.25, -0.2) is 8.42 Å². The molecule has 1 N–H and O–H groups in total. The van der Waals surface area contributed by atoms with Gasteiger partial charge in [-0.15, -0.1) is 0 Å². The van der Waals surface area contributed by atoms with E-state index in [1.165, 1.54) is 22.5 Å². The summed E-state index contributed by atoms with van der Waals surface area (Å²) in [5, 5.41) is 14.0. The Labute approximate surface area is 170 Å². The van der Waals surface area contributed by atoms with Gasteiger partial charge in [0.25, 0.3) is 5.69 Å². The molecule has 0 amide bonds. The number of sulfonamides is 1. The summed E-state index contributed by atoms with van der Waals surface area (Å²) in [7, 11) is -4.04. The van der Waals surface area contributed by atoms with Crippen molar-refractivity contribution in [3.8, 4) is 0 Å². The average Bonchev–Trinajstić information content (AvgIpc) is 2.72. The van der Waals surface area contributed by atoms with Crippen molar-refractivity contribution < 1.29 is 31.2 Å². The molecule has 0 atom stereocenters. The molecule has 1 aliphatic rings. The number of halogens is 3. The van der Waals surface area contributed by atoms with Crippen LogP contribution in [0.2, 0.25) is 0 Å². The first kappa shape index (κ1) is 22.0. The number of rotatable bonds is 6. The van der Waals surface area contributed by atoms with Gasteiger partial charge in [-0.2, -0.15) is 17.5 Å². The Hall–Kier alpha value is -2.70. The summed E-state index contributed by atoms with van der Waals surface area (Å²) in [5.74, 6) is 0. The zero-order valence-corrected chi connectivity index (χ0v) is 16.4. The minimum absolute atomic E-state index is 0.0293. The van der Waals surface area contributed by atoms with Crippen molar-refractivity contribution in [3.63, 3.8) is 0 Å². The normalized spacial score (nSPS) is 15.7. The summed E-state index contributed by atoms with van der Waals surface area (Å²) in [4.78, 5) is 10.2. The molecule has 0 spiro atoms. The first-order valence-corrected chi connectivity index (χ1v) is 10.3. The second-order valence-corrected chi connectivity index (χ2v) is 8.41. The van der Waals surface area contributed by atoms with Crippen LogP contribution in [0.3, 0.4) is 0 Å². The van der Waals surface area contributed by atoms with Gasteiger partial charge in [0, 0.05) is 31.8 Å².